The SMILES string of the molecule is COc1cnn(CCN(C)C)c1C(O)C(OC)C(C)(C)C. The van der Waals surface area contributed by atoms with E-state index in [-0.39, 0.29) is 11.5 Å². The zero-order valence-electron chi connectivity index (χ0n) is 14.3. The summed E-state index contributed by atoms with van der Waals surface area (Å²) in [5, 5.41) is 15.1. The zero-order chi connectivity index (χ0) is 16.2. The molecule has 6 nitrogen and oxygen atoms in total. The Hall–Kier alpha value is -1.11. The summed E-state index contributed by atoms with van der Waals surface area (Å²) in [6, 6.07) is 0. The molecule has 0 spiro atoms. The lowest BCUT2D eigenvalue weighted by Gasteiger charge is -2.33. The van der Waals surface area contributed by atoms with Gasteiger partial charge in [0, 0.05) is 13.7 Å². The molecule has 0 aromatic carbocycles. The standard InChI is InChI=1S/C15H29N3O3/c1-15(2,3)14(21-7)13(19)12-11(20-6)10-16-18(12)9-8-17(4)5/h10,13-14,19H,8-9H2,1-7H3. The van der Waals surface area contributed by atoms with E-state index in [4.69, 9.17) is 9.47 Å². The van der Waals surface area contributed by atoms with E-state index in [1.54, 1.807) is 25.1 Å². The van der Waals surface area contributed by atoms with Crippen LogP contribution in [0.5, 0.6) is 5.75 Å². The second-order valence-electron chi connectivity index (χ2n) is 6.59. The molecule has 0 radical (unpaired) electrons. The molecule has 1 heterocycles. The Balaban J connectivity index is 3.10. The van der Waals surface area contributed by atoms with Gasteiger partial charge >= 0.3 is 0 Å². The summed E-state index contributed by atoms with van der Waals surface area (Å²) < 4.78 is 12.7. The van der Waals surface area contributed by atoms with Crippen molar-refractivity contribution in [2.45, 2.75) is 39.5 Å². The second-order valence-corrected chi connectivity index (χ2v) is 6.59. The normalized spacial score (nSPS) is 15.3. The first-order chi connectivity index (χ1) is 9.72. The third-order valence-corrected chi connectivity index (χ3v) is 3.50. The van der Waals surface area contributed by atoms with Crippen molar-refractivity contribution in [1.82, 2.24) is 14.7 Å². The first-order valence-corrected chi connectivity index (χ1v) is 7.17. The molecule has 1 aromatic rings. The summed E-state index contributed by atoms with van der Waals surface area (Å²) in [5.41, 5.74) is 0.469. The first-order valence-electron chi connectivity index (χ1n) is 7.17. The number of nitrogens with zero attached hydrogens (tertiary/aromatic N) is 3. The molecule has 0 amide bonds. The van der Waals surface area contributed by atoms with Crippen LogP contribution >= 0.6 is 0 Å². The van der Waals surface area contributed by atoms with Gasteiger partial charge in [-0.2, -0.15) is 5.10 Å². The van der Waals surface area contributed by atoms with Gasteiger partial charge in [-0.3, -0.25) is 4.68 Å². The number of likely N-dealkylation sites (N-methyl/N-ethyl adjacent to an activating group) is 1. The molecule has 0 aliphatic heterocycles. The summed E-state index contributed by atoms with van der Waals surface area (Å²) in [5.74, 6) is 0.590. The van der Waals surface area contributed by atoms with E-state index in [1.807, 2.05) is 34.9 Å². The molecule has 1 aromatic heterocycles. The van der Waals surface area contributed by atoms with Crippen LogP contribution in [0.1, 0.15) is 32.6 Å². The number of aromatic nitrogens is 2. The lowest BCUT2D eigenvalue weighted by atomic mass is 9.84. The molecule has 0 saturated carbocycles. The highest BCUT2D eigenvalue weighted by molar-refractivity contribution is 5.28. The van der Waals surface area contributed by atoms with Crippen molar-refractivity contribution in [3.8, 4) is 5.75 Å². The maximum atomic E-state index is 10.8. The van der Waals surface area contributed by atoms with Gasteiger partial charge < -0.3 is 19.5 Å². The molecular weight excluding hydrogens is 270 g/mol. The molecule has 21 heavy (non-hydrogen) atoms. The number of ether oxygens (including phenoxy) is 2. The molecule has 1 N–H and O–H groups in total. The Labute approximate surface area is 127 Å². The van der Waals surface area contributed by atoms with Crippen LogP contribution in [-0.4, -0.2) is 60.8 Å². The van der Waals surface area contributed by atoms with Gasteiger partial charge in [0.25, 0.3) is 0 Å². The molecule has 122 valence electrons. The maximum Gasteiger partial charge on any atom is 0.162 e. The topological polar surface area (TPSA) is 59.8 Å². The number of rotatable bonds is 7. The molecule has 0 aliphatic rings. The van der Waals surface area contributed by atoms with Crippen molar-refractivity contribution >= 4 is 0 Å². The highest BCUT2D eigenvalue weighted by atomic mass is 16.5. The van der Waals surface area contributed by atoms with Crippen LogP contribution in [0.2, 0.25) is 0 Å². The van der Waals surface area contributed by atoms with Gasteiger partial charge in [-0.05, 0) is 19.5 Å². The number of aliphatic hydroxyl groups is 1. The van der Waals surface area contributed by atoms with Crippen molar-refractivity contribution in [2.75, 3.05) is 34.9 Å². The van der Waals surface area contributed by atoms with E-state index < -0.39 is 6.10 Å². The van der Waals surface area contributed by atoms with Crippen molar-refractivity contribution in [2.24, 2.45) is 5.41 Å². The Morgan fingerprint density at radius 3 is 2.38 bits per heavy atom. The number of hydrogen-bond acceptors (Lipinski definition) is 5. The number of methoxy groups -OCH3 is 2. The van der Waals surface area contributed by atoms with Crippen LogP contribution in [0.3, 0.4) is 0 Å². The van der Waals surface area contributed by atoms with Crippen molar-refractivity contribution < 1.29 is 14.6 Å². The largest absolute Gasteiger partial charge is 0.493 e. The smallest absolute Gasteiger partial charge is 0.162 e. The Morgan fingerprint density at radius 1 is 1.33 bits per heavy atom. The quantitative estimate of drug-likeness (QED) is 0.828. The van der Waals surface area contributed by atoms with E-state index in [0.29, 0.717) is 18.0 Å². The molecule has 2 unspecified atom stereocenters. The van der Waals surface area contributed by atoms with Gasteiger partial charge in [-0.1, -0.05) is 20.8 Å². The van der Waals surface area contributed by atoms with Crippen molar-refractivity contribution in [3.63, 3.8) is 0 Å². The minimum atomic E-state index is -0.797. The second kappa shape index (κ2) is 7.24. The van der Waals surface area contributed by atoms with Gasteiger partial charge in [0.05, 0.1) is 26.0 Å². The van der Waals surface area contributed by atoms with Crippen LogP contribution in [0.15, 0.2) is 6.20 Å². The Bertz CT molecular complexity index is 438. The summed E-state index contributed by atoms with van der Waals surface area (Å²) in [6.45, 7) is 7.63. The van der Waals surface area contributed by atoms with Gasteiger partial charge in [0.15, 0.2) is 5.75 Å². The first kappa shape index (κ1) is 17.9. The van der Waals surface area contributed by atoms with Gasteiger partial charge in [0.2, 0.25) is 0 Å². The van der Waals surface area contributed by atoms with Crippen LogP contribution in [-0.2, 0) is 11.3 Å². The fourth-order valence-corrected chi connectivity index (χ4v) is 2.41. The van der Waals surface area contributed by atoms with Crippen LogP contribution in [0.4, 0.5) is 0 Å². The number of aliphatic hydroxyl groups excluding tert-OH is 1. The molecule has 2 atom stereocenters. The Morgan fingerprint density at radius 2 is 1.95 bits per heavy atom. The van der Waals surface area contributed by atoms with Crippen molar-refractivity contribution in [3.05, 3.63) is 11.9 Å². The summed E-state index contributed by atoms with van der Waals surface area (Å²) in [7, 11) is 7.21. The summed E-state index contributed by atoms with van der Waals surface area (Å²) in [6.07, 6.45) is 0.500. The molecule has 0 saturated heterocycles. The lowest BCUT2D eigenvalue weighted by molar-refractivity contribution is -0.0762. The third-order valence-electron chi connectivity index (χ3n) is 3.50. The van der Waals surface area contributed by atoms with E-state index in [9.17, 15) is 5.11 Å². The highest BCUT2D eigenvalue weighted by Crippen LogP contribution is 2.36. The average molecular weight is 299 g/mol. The fraction of sp³-hybridized carbons (Fsp3) is 0.800. The minimum Gasteiger partial charge on any atom is -0.493 e. The predicted octanol–water partition coefficient (Wildman–Crippen LogP) is 1.55. The van der Waals surface area contributed by atoms with Crippen LogP contribution in [0.25, 0.3) is 0 Å². The minimum absolute atomic E-state index is 0.199. The monoisotopic (exact) mass is 299 g/mol. The summed E-state index contributed by atoms with van der Waals surface area (Å²) >= 11 is 0. The van der Waals surface area contributed by atoms with Gasteiger partial charge in [0.1, 0.15) is 11.8 Å². The maximum absolute atomic E-state index is 10.8. The summed E-state index contributed by atoms with van der Waals surface area (Å²) in [4.78, 5) is 2.07. The van der Waals surface area contributed by atoms with E-state index >= 15 is 0 Å². The van der Waals surface area contributed by atoms with E-state index in [2.05, 4.69) is 10.00 Å². The van der Waals surface area contributed by atoms with E-state index in [0.717, 1.165) is 6.54 Å². The van der Waals surface area contributed by atoms with Crippen LogP contribution < -0.4 is 4.74 Å². The number of hydrogen-bond donors (Lipinski definition) is 1. The Kier molecular flexibility index (Phi) is 6.19. The van der Waals surface area contributed by atoms with Gasteiger partial charge in [-0.15, -0.1) is 0 Å². The zero-order valence-corrected chi connectivity index (χ0v) is 14.3. The van der Waals surface area contributed by atoms with Gasteiger partial charge in [-0.25, -0.2) is 0 Å². The lowest BCUT2D eigenvalue weighted by Crippen LogP contribution is -2.36. The molecule has 0 bridgehead atoms. The molecule has 0 aliphatic carbocycles. The molecule has 0 fully saturated rings. The fourth-order valence-electron chi connectivity index (χ4n) is 2.41. The predicted molar refractivity (Wildman–Crippen MR) is 82.5 cm³/mol. The highest BCUT2D eigenvalue weighted by Gasteiger charge is 2.36. The van der Waals surface area contributed by atoms with E-state index in [1.165, 1.54) is 0 Å². The van der Waals surface area contributed by atoms with Crippen LogP contribution in [0, 0.1) is 5.41 Å². The third kappa shape index (κ3) is 4.43. The molecule has 6 heteroatoms. The molecular formula is C15H29N3O3. The molecule has 1 rings (SSSR count). The average Bonchev–Trinajstić information content (AvgIpc) is 2.78. The van der Waals surface area contributed by atoms with Crippen molar-refractivity contribution in [1.29, 1.82) is 0 Å².